The number of benzene rings is 1. The summed E-state index contributed by atoms with van der Waals surface area (Å²) < 4.78 is 1.77. The van der Waals surface area contributed by atoms with Gasteiger partial charge >= 0.3 is 0 Å². The molecule has 0 saturated carbocycles. The van der Waals surface area contributed by atoms with Gasteiger partial charge in [-0.25, -0.2) is 9.50 Å². The Morgan fingerprint density at radius 3 is 2.38 bits per heavy atom. The number of aryl methyl sites for hydroxylation is 2. The molecule has 0 bridgehead atoms. The molecule has 3 rings (SSSR count). The SMILES string of the molecule is Cc1cc2nc(NC(=O)c3ccc(C(C)(C)C)cc3)cc(C)n2n1. The summed E-state index contributed by atoms with van der Waals surface area (Å²) in [7, 11) is 0. The molecule has 1 amide bonds. The predicted molar refractivity (Wildman–Crippen MR) is 95.6 cm³/mol. The predicted octanol–water partition coefficient (Wildman–Crippen LogP) is 3.90. The number of aromatic nitrogens is 3. The molecule has 24 heavy (non-hydrogen) atoms. The zero-order chi connectivity index (χ0) is 17.5. The number of nitrogens with one attached hydrogen (secondary N) is 1. The molecule has 0 aliphatic heterocycles. The molecule has 0 atom stereocenters. The van der Waals surface area contributed by atoms with Crippen LogP contribution in [-0.4, -0.2) is 20.5 Å². The van der Waals surface area contributed by atoms with Crippen LogP contribution in [0.25, 0.3) is 5.65 Å². The molecule has 0 spiro atoms. The Labute approximate surface area is 141 Å². The monoisotopic (exact) mass is 322 g/mol. The number of hydrogen-bond acceptors (Lipinski definition) is 3. The summed E-state index contributed by atoms with van der Waals surface area (Å²) in [6, 6.07) is 11.4. The van der Waals surface area contributed by atoms with E-state index in [1.807, 2.05) is 50.2 Å². The van der Waals surface area contributed by atoms with E-state index in [0.717, 1.165) is 17.0 Å². The minimum Gasteiger partial charge on any atom is -0.306 e. The molecular formula is C19H22N4O. The number of carbonyl (C=O) groups is 1. The summed E-state index contributed by atoms with van der Waals surface area (Å²) >= 11 is 0. The van der Waals surface area contributed by atoms with Crippen molar-refractivity contribution in [3.8, 4) is 0 Å². The number of amides is 1. The second kappa shape index (κ2) is 5.74. The van der Waals surface area contributed by atoms with Gasteiger partial charge in [-0.15, -0.1) is 0 Å². The first-order valence-electron chi connectivity index (χ1n) is 8.00. The van der Waals surface area contributed by atoms with Crippen LogP contribution >= 0.6 is 0 Å². The summed E-state index contributed by atoms with van der Waals surface area (Å²) in [6.07, 6.45) is 0. The number of rotatable bonds is 2. The average Bonchev–Trinajstić information content (AvgIpc) is 2.87. The summed E-state index contributed by atoms with van der Waals surface area (Å²) in [5.41, 5.74) is 4.43. The average molecular weight is 322 g/mol. The summed E-state index contributed by atoms with van der Waals surface area (Å²) in [6.45, 7) is 10.3. The lowest BCUT2D eigenvalue weighted by Gasteiger charge is -2.19. The Balaban J connectivity index is 1.84. The number of anilines is 1. The van der Waals surface area contributed by atoms with Crippen molar-refractivity contribution in [1.29, 1.82) is 0 Å². The van der Waals surface area contributed by atoms with E-state index in [-0.39, 0.29) is 11.3 Å². The maximum Gasteiger partial charge on any atom is 0.256 e. The Morgan fingerprint density at radius 1 is 1.08 bits per heavy atom. The van der Waals surface area contributed by atoms with Crippen LogP contribution in [0.3, 0.4) is 0 Å². The van der Waals surface area contributed by atoms with Gasteiger partial charge < -0.3 is 5.32 Å². The van der Waals surface area contributed by atoms with Crippen molar-refractivity contribution in [2.24, 2.45) is 0 Å². The molecule has 0 radical (unpaired) electrons. The fourth-order valence-electron chi connectivity index (χ4n) is 2.61. The molecule has 124 valence electrons. The van der Waals surface area contributed by atoms with Crippen LogP contribution in [0.1, 0.15) is 48.1 Å². The van der Waals surface area contributed by atoms with Crippen LogP contribution in [0.15, 0.2) is 36.4 Å². The van der Waals surface area contributed by atoms with Crippen LogP contribution in [0.5, 0.6) is 0 Å². The molecule has 5 nitrogen and oxygen atoms in total. The first-order valence-corrected chi connectivity index (χ1v) is 8.00. The van der Waals surface area contributed by atoms with Gasteiger partial charge in [-0.3, -0.25) is 4.79 Å². The van der Waals surface area contributed by atoms with Crippen LogP contribution in [0.4, 0.5) is 5.82 Å². The zero-order valence-corrected chi connectivity index (χ0v) is 14.7. The van der Waals surface area contributed by atoms with Crippen molar-refractivity contribution in [2.75, 3.05) is 5.32 Å². The summed E-state index contributed by atoms with van der Waals surface area (Å²) in [5.74, 6) is 0.368. The van der Waals surface area contributed by atoms with Crippen LogP contribution in [0.2, 0.25) is 0 Å². The highest BCUT2D eigenvalue weighted by molar-refractivity contribution is 6.03. The zero-order valence-electron chi connectivity index (χ0n) is 14.7. The Kier molecular flexibility index (Phi) is 3.87. The molecule has 5 heteroatoms. The first-order chi connectivity index (χ1) is 11.2. The Morgan fingerprint density at radius 2 is 1.75 bits per heavy atom. The Hall–Kier alpha value is -2.69. The smallest absolute Gasteiger partial charge is 0.256 e. The van der Waals surface area contributed by atoms with Gasteiger partial charge in [-0.1, -0.05) is 32.9 Å². The van der Waals surface area contributed by atoms with Crippen molar-refractivity contribution in [1.82, 2.24) is 14.6 Å². The Bertz CT molecular complexity index is 902. The molecule has 0 saturated heterocycles. The summed E-state index contributed by atoms with van der Waals surface area (Å²) in [4.78, 5) is 16.9. The quantitative estimate of drug-likeness (QED) is 0.778. The third kappa shape index (κ3) is 3.15. The highest BCUT2D eigenvalue weighted by Gasteiger charge is 2.15. The highest BCUT2D eigenvalue weighted by atomic mass is 16.1. The third-order valence-corrected chi connectivity index (χ3v) is 3.98. The fraction of sp³-hybridized carbons (Fsp3) is 0.316. The van der Waals surface area contributed by atoms with Gasteiger partial charge in [-0.05, 0) is 37.0 Å². The molecule has 0 aliphatic rings. The van der Waals surface area contributed by atoms with Crippen molar-refractivity contribution in [3.63, 3.8) is 0 Å². The first kappa shape index (κ1) is 16.2. The van der Waals surface area contributed by atoms with E-state index in [9.17, 15) is 4.79 Å². The maximum absolute atomic E-state index is 12.5. The van der Waals surface area contributed by atoms with Crippen molar-refractivity contribution in [3.05, 3.63) is 58.9 Å². The van der Waals surface area contributed by atoms with Gasteiger partial charge in [0.05, 0.1) is 5.69 Å². The molecule has 0 aliphatic carbocycles. The molecule has 1 aromatic carbocycles. The van der Waals surface area contributed by atoms with Crippen molar-refractivity contribution >= 4 is 17.4 Å². The van der Waals surface area contributed by atoms with E-state index in [4.69, 9.17) is 0 Å². The van der Waals surface area contributed by atoms with Crippen molar-refractivity contribution in [2.45, 2.75) is 40.0 Å². The highest BCUT2D eigenvalue weighted by Crippen LogP contribution is 2.22. The van der Waals surface area contributed by atoms with E-state index < -0.39 is 0 Å². The normalized spacial score (nSPS) is 11.7. The van der Waals surface area contributed by atoms with Gasteiger partial charge in [0, 0.05) is 23.4 Å². The fourth-order valence-corrected chi connectivity index (χ4v) is 2.61. The minimum atomic E-state index is -0.164. The van der Waals surface area contributed by atoms with Crippen LogP contribution < -0.4 is 5.32 Å². The van der Waals surface area contributed by atoms with Crippen LogP contribution in [-0.2, 0) is 5.41 Å². The molecule has 3 aromatic rings. The van der Waals surface area contributed by atoms with Gasteiger partial charge in [0.25, 0.3) is 5.91 Å². The second-order valence-electron chi connectivity index (χ2n) is 7.12. The number of hydrogen-bond donors (Lipinski definition) is 1. The van der Waals surface area contributed by atoms with Gasteiger partial charge in [0.2, 0.25) is 0 Å². The number of nitrogens with zero attached hydrogens (tertiary/aromatic N) is 3. The second-order valence-corrected chi connectivity index (χ2v) is 7.12. The topological polar surface area (TPSA) is 59.3 Å². The van der Waals surface area contributed by atoms with E-state index in [2.05, 4.69) is 36.2 Å². The molecule has 2 aromatic heterocycles. The molecule has 1 N–H and O–H groups in total. The maximum atomic E-state index is 12.5. The summed E-state index contributed by atoms with van der Waals surface area (Å²) in [5, 5.41) is 7.23. The third-order valence-electron chi connectivity index (χ3n) is 3.98. The largest absolute Gasteiger partial charge is 0.306 e. The van der Waals surface area contributed by atoms with Crippen molar-refractivity contribution < 1.29 is 4.79 Å². The lowest BCUT2D eigenvalue weighted by Crippen LogP contribution is -2.15. The molecule has 2 heterocycles. The van der Waals surface area contributed by atoms with E-state index in [1.54, 1.807) is 4.52 Å². The molecule has 0 unspecified atom stereocenters. The van der Waals surface area contributed by atoms with Gasteiger partial charge in [0.1, 0.15) is 5.82 Å². The minimum absolute atomic E-state index is 0.0680. The standard InChI is InChI=1S/C19H22N4O/c1-12-10-17-20-16(11-13(2)23(17)22-12)21-18(24)14-6-8-15(9-7-14)19(3,4)5/h6-11H,1-5H3,(H,20,21,24). The van der Waals surface area contributed by atoms with E-state index in [1.165, 1.54) is 5.56 Å². The van der Waals surface area contributed by atoms with Gasteiger partial charge in [0.15, 0.2) is 5.65 Å². The lowest BCUT2D eigenvalue weighted by atomic mass is 9.87. The number of carbonyl (C=O) groups excluding carboxylic acids is 1. The number of fused-ring (bicyclic) bond motifs is 1. The molecule has 0 fully saturated rings. The van der Waals surface area contributed by atoms with E-state index in [0.29, 0.717) is 11.4 Å². The van der Waals surface area contributed by atoms with E-state index >= 15 is 0 Å². The lowest BCUT2D eigenvalue weighted by molar-refractivity contribution is 0.102. The molecular weight excluding hydrogens is 300 g/mol. The van der Waals surface area contributed by atoms with Crippen LogP contribution in [0, 0.1) is 13.8 Å². The van der Waals surface area contributed by atoms with Gasteiger partial charge in [-0.2, -0.15) is 5.10 Å².